The van der Waals surface area contributed by atoms with E-state index in [1.807, 2.05) is 14.2 Å². The van der Waals surface area contributed by atoms with Crippen molar-refractivity contribution in [3.8, 4) is 0 Å². The fourth-order valence-corrected chi connectivity index (χ4v) is 10.8. The summed E-state index contributed by atoms with van der Waals surface area (Å²) in [6, 6.07) is 0. The molecule has 0 N–H and O–H groups in total. The zero-order valence-corrected chi connectivity index (χ0v) is 15.3. The van der Waals surface area contributed by atoms with Crippen molar-refractivity contribution in [3.05, 3.63) is 0 Å². The summed E-state index contributed by atoms with van der Waals surface area (Å²) < 4.78 is 12.5. The summed E-state index contributed by atoms with van der Waals surface area (Å²) in [6.45, 7) is 9.66. The molecule has 2 aliphatic rings. The minimum atomic E-state index is -2.12. The summed E-state index contributed by atoms with van der Waals surface area (Å²) in [5.74, 6) is 3.19. The van der Waals surface area contributed by atoms with Gasteiger partial charge in [0.1, 0.15) is 0 Å². The van der Waals surface area contributed by atoms with Crippen LogP contribution in [0.15, 0.2) is 0 Å². The molecule has 2 rings (SSSR count). The molecule has 0 aromatic carbocycles. The van der Waals surface area contributed by atoms with Crippen molar-refractivity contribution in [1.29, 1.82) is 0 Å². The molecule has 4 unspecified atom stereocenters. The largest absolute Gasteiger partial charge is 0.397 e. The lowest BCUT2D eigenvalue weighted by Crippen LogP contribution is -2.53. The Morgan fingerprint density at radius 1 is 0.750 bits per heavy atom. The third-order valence-electron chi connectivity index (χ3n) is 6.15. The maximum Gasteiger partial charge on any atom is 0.344 e. The second kappa shape index (κ2) is 6.49. The van der Waals surface area contributed by atoms with Gasteiger partial charge in [0.25, 0.3) is 0 Å². The average Bonchev–Trinajstić information content (AvgIpc) is 2.72. The minimum Gasteiger partial charge on any atom is -0.397 e. The smallest absolute Gasteiger partial charge is 0.344 e. The van der Waals surface area contributed by atoms with Gasteiger partial charge in [-0.25, -0.2) is 0 Å². The van der Waals surface area contributed by atoms with Crippen LogP contribution in [0.4, 0.5) is 0 Å². The Balaban J connectivity index is 2.28. The first-order chi connectivity index (χ1) is 9.44. The summed E-state index contributed by atoms with van der Waals surface area (Å²) in [5, 5.41) is 0. The third-order valence-corrected chi connectivity index (χ3v) is 11.1. The highest BCUT2D eigenvalue weighted by Crippen LogP contribution is 2.55. The highest BCUT2D eigenvalue weighted by molar-refractivity contribution is 6.70. The van der Waals surface area contributed by atoms with Crippen LogP contribution in [0.3, 0.4) is 0 Å². The Morgan fingerprint density at radius 2 is 1.20 bits per heavy atom. The zero-order valence-electron chi connectivity index (χ0n) is 14.3. The van der Waals surface area contributed by atoms with Crippen LogP contribution in [0.1, 0.15) is 59.8 Å². The van der Waals surface area contributed by atoms with Crippen molar-refractivity contribution in [2.75, 3.05) is 14.2 Å². The summed E-state index contributed by atoms with van der Waals surface area (Å²) >= 11 is 0. The van der Waals surface area contributed by atoms with Gasteiger partial charge in [-0.2, -0.15) is 0 Å². The van der Waals surface area contributed by atoms with E-state index < -0.39 is 8.56 Å². The maximum atomic E-state index is 6.26. The van der Waals surface area contributed by atoms with E-state index in [0.717, 1.165) is 23.7 Å². The van der Waals surface area contributed by atoms with Crippen LogP contribution >= 0.6 is 0 Å². The molecule has 3 heteroatoms. The number of rotatable bonds is 4. The molecule has 118 valence electrons. The second-order valence-corrected chi connectivity index (χ2v) is 11.5. The Morgan fingerprint density at radius 3 is 1.60 bits per heavy atom. The van der Waals surface area contributed by atoms with Gasteiger partial charge in [-0.05, 0) is 42.9 Å². The SMILES string of the molecule is CO[Si](OC)(C1CC(C)CC(C)C1)C1C(C)CCC1C. The third kappa shape index (κ3) is 2.86. The van der Waals surface area contributed by atoms with Crippen molar-refractivity contribution < 1.29 is 8.85 Å². The molecule has 0 radical (unpaired) electrons. The van der Waals surface area contributed by atoms with Crippen molar-refractivity contribution in [2.45, 2.75) is 70.9 Å². The summed E-state index contributed by atoms with van der Waals surface area (Å²) in [7, 11) is 1.74. The van der Waals surface area contributed by atoms with Crippen LogP contribution in [-0.4, -0.2) is 22.8 Å². The van der Waals surface area contributed by atoms with Gasteiger partial charge >= 0.3 is 8.56 Å². The highest BCUT2D eigenvalue weighted by atomic mass is 28.4. The summed E-state index contributed by atoms with van der Waals surface area (Å²) in [6.07, 6.45) is 6.71. The maximum absolute atomic E-state index is 6.26. The van der Waals surface area contributed by atoms with Crippen LogP contribution in [0.2, 0.25) is 11.1 Å². The van der Waals surface area contributed by atoms with E-state index in [1.165, 1.54) is 32.1 Å². The minimum absolute atomic E-state index is 0.681. The Labute approximate surface area is 126 Å². The van der Waals surface area contributed by atoms with Crippen molar-refractivity contribution in [3.63, 3.8) is 0 Å². The van der Waals surface area contributed by atoms with Crippen LogP contribution in [0.5, 0.6) is 0 Å². The van der Waals surface area contributed by atoms with Gasteiger partial charge in [-0.3, -0.25) is 0 Å². The highest BCUT2D eigenvalue weighted by Gasteiger charge is 2.57. The Kier molecular flexibility index (Phi) is 5.36. The first-order valence-electron chi connectivity index (χ1n) is 8.54. The van der Waals surface area contributed by atoms with Crippen LogP contribution in [-0.2, 0) is 8.85 Å². The van der Waals surface area contributed by atoms with E-state index in [0.29, 0.717) is 11.1 Å². The molecule has 20 heavy (non-hydrogen) atoms. The molecular weight excluding hydrogens is 264 g/mol. The van der Waals surface area contributed by atoms with Gasteiger partial charge in [0.15, 0.2) is 0 Å². The van der Waals surface area contributed by atoms with Gasteiger partial charge in [0, 0.05) is 25.3 Å². The number of hydrogen-bond donors (Lipinski definition) is 0. The molecular formula is C17H34O2Si. The molecule has 2 saturated carbocycles. The molecule has 0 aliphatic heterocycles. The molecule has 0 amide bonds. The van der Waals surface area contributed by atoms with Gasteiger partial charge in [0.2, 0.25) is 0 Å². The van der Waals surface area contributed by atoms with Gasteiger partial charge in [0.05, 0.1) is 0 Å². The van der Waals surface area contributed by atoms with E-state index in [4.69, 9.17) is 8.85 Å². The van der Waals surface area contributed by atoms with Crippen molar-refractivity contribution in [1.82, 2.24) is 0 Å². The lowest BCUT2D eigenvalue weighted by molar-refractivity contribution is 0.169. The molecule has 2 aliphatic carbocycles. The predicted octanol–water partition coefficient (Wildman–Crippen LogP) is 4.98. The normalized spacial score (nSPS) is 42.9. The van der Waals surface area contributed by atoms with E-state index >= 15 is 0 Å². The molecule has 0 aromatic heterocycles. The molecule has 2 nitrogen and oxygen atoms in total. The second-order valence-electron chi connectivity index (χ2n) is 7.80. The monoisotopic (exact) mass is 298 g/mol. The first-order valence-corrected chi connectivity index (χ1v) is 10.5. The van der Waals surface area contributed by atoms with Gasteiger partial charge < -0.3 is 8.85 Å². The van der Waals surface area contributed by atoms with E-state index in [1.54, 1.807) is 0 Å². The standard InChI is InChI=1S/C17H34O2Si/c1-12-9-13(2)11-16(10-12)20(18-5,19-6)17-14(3)7-8-15(17)4/h12-17H,7-11H2,1-6H3. The summed E-state index contributed by atoms with van der Waals surface area (Å²) in [5.41, 5.74) is 1.37. The molecule has 0 bridgehead atoms. The molecule has 0 saturated heterocycles. The first kappa shape index (κ1) is 16.5. The predicted molar refractivity (Wildman–Crippen MR) is 87.0 cm³/mol. The zero-order chi connectivity index (χ0) is 14.9. The molecule has 0 heterocycles. The van der Waals surface area contributed by atoms with Crippen molar-refractivity contribution >= 4 is 8.56 Å². The lowest BCUT2D eigenvalue weighted by Gasteiger charge is -2.46. The van der Waals surface area contributed by atoms with E-state index in [9.17, 15) is 0 Å². The van der Waals surface area contributed by atoms with Crippen LogP contribution in [0, 0.1) is 23.7 Å². The average molecular weight is 299 g/mol. The number of hydrogen-bond acceptors (Lipinski definition) is 2. The van der Waals surface area contributed by atoms with Crippen LogP contribution < -0.4 is 0 Å². The van der Waals surface area contributed by atoms with E-state index in [-0.39, 0.29) is 0 Å². The van der Waals surface area contributed by atoms with Gasteiger partial charge in [-0.1, -0.05) is 40.5 Å². The quantitative estimate of drug-likeness (QED) is 0.681. The van der Waals surface area contributed by atoms with Crippen LogP contribution in [0.25, 0.3) is 0 Å². The van der Waals surface area contributed by atoms with Crippen molar-refractivity contribution in [2.24, 2.45) is 23.7 Å². The molecule has 0 aromatic rings. The molecule has 0 spiro atoms. The Bertz CT molecular complexity index is 296. The van der Waals surface area contributed by atoms with Gasteiger partial charge in [-0.15, -0.1) is 0 Å². The molecule has 4 atom stereocenters. The fraction of sp³-hybridized carbons (Fsp3) is 1.00. The fourth-order valence-electron chi connectivity index (χ4n) is 5.48. The summed E-state index contributed by atoms with van der Waals surface area (Å²) in [4.78, 5) is 0. The Hall–Kier alpha value is 0.137. The lowest BCUT2D eigenvalue weighted by atomic mass is 9.83. The topological polar surface area (TPSA) is 18.5 Å². The van der Waals surface area contributed by atoms with E-state index in [2.05, 4.69) is 27.7 Å². The molecule has 2 fully saturated rings.